The van der Waals surface area contributed by atoms with Crippen LogP contribution >= 0.6 is 23.1 Å². The van der Waals surface area contributed by atoms with Crippen molar-refractivity contribution in [2.75, 3.05) is 31.6 Å². The van der Waals surface area contributed by atoms with E-state index in [1.165, 1.54) is 28.0 Å². The van der Waals surface area contributed by atoms with Crippen LogP contribution in [-0.2, 0) is 9.59 Å². The summed E-state index contributed by atoms with van der Waals surface area (Å²) >= 11 is 2.57. The normalized spacial score (nSPS) is 10.1. The molecule has 0 aliphatic rings. The van der Waals surface area contributed by atoms with E-state index in [1.54, 1.807) is 24.6 Å². The molecular formula is C12H16N2O4S2. The molecule has 0 spiro atoms. The molecule has 0 radical (unpaired) electrons. The second kappa shape index (κ2) is 8.60. The Hall–Kier alpha value is -1.54. The van der Waals surface area contributed by atoms with E-state index in [-0.39, 0.29) is 24.1 Å². The van der Waals surface area contributed by atoms with Crippen LogP contribution in [0.3, 0.4) is 0 Å². The maximum absolute atomic E-state index is 11.9. The highest BCUT2D eigenvalue weighted by molar-refractivity contribution is 7.99. The zero-order valence-corrected chi connectivity index (χ0v) is 12.6. The maximum Gasteiger partial charge on any atom is 0.313 e. The average Bonchev–Trinajstić information content (AvgIpc) is 2.90. The summed E-state index contributed by atoms with van der Waals surface area (Å²) < 4.78 is 0. The lowest BCUT2D eigenvalue weighted by Gasteiger charge is -2.15. The van der Waals surface area contributed by atoms with Crippen LogP contribution in [0.25, 0.3) is 0 Å². The Morgan fingerprint density at radius 3 is 2.80 bits per heavy atom. The second-order valence-electron chi connectivity index (χ2n) is 3.93. The maximum atomic E-state index is 11.9. The molecule has 0 aromatic carbocycles. The minimum atomic E-state index is -0.873. The molecule has 20 heavy (non-hydrogen) atoms. The molecule has 1 aromatic rings. The lowest BCUT2D eigenvalue weighted by molar-refractivity contribution is -0.133. The molecule has 0 atom stereocenters. The van der Waals surface area contributed by atoms with Gasteiger partial charge in [0.05, 0.1) is 17.2 Å². The van der Waals surface area contributed by atoms with Gasteiger partial charge in [0.2, 0.25) is 5.91 Å². The van der Waals surface area contributed by atoms with Crippen LogP contribution in [0.4, 0.5) is 0 Å². The Balaban J connectivity index is 2.21. The summed E-state index contributed by atoms with van der Waals surface area (Å²) in [6, 6.07) is 3.50. The van der Waals surface area contributed by atoms with E-state index in [1.807, 2.05) is 0 Å². The first-order valence-corrected chi connectivity index (χ1v) is 7.89. The number of thiophene rings is 1. The van der Waals surface area contributed by atoms with E-state index in [9.17, 15) is 14.4 Å². The van der Waals surface area contributed by atoms with Crippen LogP contribution in [0, 0.1) is 0 Å². The van der Waals surface area contributed by atoms with Gasteiger partial charge in [0.1, 0.15) is 0 Å². The quantitative estimate of drug-likeness (QED) is 0.691. The number of carbonyl (C=O) groups is 3. The van der Waals surface area contributed by atoms with E-state index in [0.717, 1.165) is 0 Å². The van der Waals surface area contributed by atoms with Crippen molar-refractivity contribution in [2.24, 2.45) is 0 Å². The van der Waals surface area contributed by atoms with Gasteiger partial charge in [-0.1, -0.05) is 6.07 Å². The topological polar surface area (TPSA) is 86.7 Å². The van der Waals surface area contributed by atoms with E-state index in [0.29, 0.717) is 17.2 Å². The number of likely N-dealkylation sites (N-methyl/N-ethyl adjacent to an activating group) is 1. The van der Waals surface area contributed by atoms with Gasteiger partial charge in [-0.15, -0.1) is 23.1 Å². The number of nitrogens with one attached hydrogen (secondary N) is 1. The lowest BCUT2D eigenvalue weighted by Crippen LogP contribution is -2.38. The van der Waals surface area contributed by atoms with E-state index in [2.05, 4.69) is 5.32 Å². The first kappa shape index (κ1) is 16.5. The summed E-state index contributed by atoms with van der Waals surface area (Å²) in [7, 11) is 1.57. The molecule has 0 aliphatic carbocycles. The Bertz CT molecular complexity index is 462. The molecule has 0 aliphatic heterocycles. The van der Waals surface area contributed by atoms with Crippen molar-refractivity contribution in [3.05, 3.63) is 22.4 Å². The zero-order valence-electron chi connectivity index (χ0n) is 11.0. The third-order valence-electron chi connectivity index (χ3n) is 2.25. The van der Waals surface area contributed by atoms with Gasteiger partial charge >= 0.3 is 5.97 Å². The lowest BCUT2D eigenvalue weighted by atomic mass is 10.4. The first-order chi connectivity index (χ1) is 9.50. The third kappa shape index (κ3) is 6.07. The van der Waals surface area contributed by atoms with Gasteiger partial charge in [0.25, 0.3) is 5.91 Å². The highest BCUT2D eigenvalue weighted by atomic mass is 32.2. The molecule has 0 saturated heterocycles. The van der Waals surface area contributed by atoms with Crippen molar-refractivity contribution < 1.29 is 19.5 Å². The monoisotopic (exact) mass is 316 g/mol. The van der Waals surface area contributed by atoms with Gasteiger partial charge in [-0.3, -0.25) is 14.4 Å². The van der Waals surface area contributed by atoms with E-state index in [4.69, 9.17) is 5.11 Å². The average molecular weight is 316 g/mol. The van der Waals surface area contributed by atoms with Gasteiger partial charge in [-0.25, -0.2) is 0 Å². The molecular weight excluding hydrogens is 300 g/mol. The van der Waals surface area contributed by atoms with Gasteiger partial charge in [-0.2, -0.15) is 0 Å². The molecule has 6 nitrogen and oxygen atoms in total. The summed E-state index contributed by atoms with van der Waals surface area (Å²) in [5.41, 5.74) is 0. The van der Waals surface area contributed by atoms with Crippen molar-refractivity contribution in [1.82, 2.24) is 10.2 Å². The zero-order chi connectivity index (χ0) is 15.0. The minimum absolute atomic E-state index is 0.0136. The summed E-state index contributed by atoms with van der Waals surface area (Å²) in [4.78, 5) is 35.7. The number of hydrogen-bond donors (Lipinski definition) is 2. The highest BCUT2D eigenvalue weighted by Gasteiger charge is 2.15. The molecule has 1 heterocycles. The molecule has 0 saturated carbocycles. The fourth-order valence-corrected chi connectivity index (χ4v) is 2.64. The predicted octanol–water partition coefficient (Wildman–Crippen LogP) is 0.754. The third-order valence-corrected chi connectivity index (χ3v) is 4.06. The number of carboxylic acids is 1. The fourth-order valence-electron chi connectivity index (χ4n) is 1.35. The Morgan fingerprint density at radius 1 is 1.45 bits per heavy atom. The van der Waals surface area contributed by atoms with Gasteiger partial charge in [0, 0.05) is 19.3 Å². The highest BCUT2D eigenvalue weighted by Crippen LogP contribution is 2.10. The van der Waals surface area contributed by atoms with Crippen molar-refractivity contribution in [3.63, 3.8) is 0 Å². The minimum Gasteiger partial charge on any atom is -0.481 e. The number of hydrogen-bond acceptors (Lipinski definition) is 5. The second-order valence-corrected chi connectivity index (χ2v) is 5.99. The number of carboxylic acid groups (broad SMARTS) is 1. The number of carbonyl (C=O) groups excluding carboxylic acids is 2. The molecule has 1 rings (SSSR count). The van der Waals surface area contributed by atoms with Crippen LogP contribution in [0.2, 0.25) is 0 Å². The molecule has 0 bridgehead atoms. The molecule has 110 valence electrons. The Kier molecular flexibility index (Phi) is 7.10. The Morgan fingerprint density at radius 2 is 2.20 bits per heavy atom. The molecule has 2 N–H and O–H groups in total. The van der Waals surface area contributed by atoms with Crippen molar-refractivity contribution in [3.8, 4) is 0 Å². The van der Waals surface area contributed by atoms with Crippen LogP contribution in [0.5, 0.6) is 0 Å². The van der Waals surface area contributed by atoms with Crippen LogP contribution in [0.15, 0.2) is 17.5 Å². The van der Waals surface area contributed by atoms with E-state index < -0.39 is 5.97 Å². The number of thioether (sulfide) groups is 1. The van der Waals surface area contributed by atoms with Gasteiger partial charge in [-0.05, 0) is 11.4 Å². The summed E-state index contributed by atoms with van der Waals surface area (Å²) in [6.45, 7) is 0.373. The van der Waals surface area contributed by atoms with Crippen molar-refractivity contribution in [2.45, 2.75) is 0 Å². The molecule has 1 aromatic heterocycles. The molecule has 0 unspecified atom stereocenters. The van der Waals surface area contributed by atoms with Gasteiger partial charge < -0.3 is 15.3 Å². The van der Waals surface area contributed by atoms with Gasteiger partial charge in [0.15, 0.2) is 0 Å². The largest absolute Gasteiger partial charge is 0.481 e. The summed E-state index contributed by atoms with van der Waals surface area (Å²) in [5, 5.41) is 12.9. The number of amides is 2. The van der Waals surface area contributed by atoms with E-state index >= 15 is 0 Å². The van der Waals surface area contributed by atoms with Crippen LogP contribution in [0.1, 0.15) is 9.67 Å². The SMILES string of the molecule is CN(CC(=O)NCCSCC(=O)O)C(=O)c1cccs1. The summed E-state index contributed by atoms with van der Waals surface area (Å²) in [5.74, 6) is -0.765. The summed E-state index contributed by atoms with van der Waals surface area (Å²) in [6.07, 6.45) is 0. The van der Waals surface area contributed by atoms with Crippen LogP contribution < -0.4 is 5.32 Å². The predicted molar refractivity (Wildman–Crippen MR) is 79.3 cm³/mol. The number of rotatable bonds is 8. The molecule has 0 fully saturated rings. The number of nitrogens with zero attached hydrogens (tertiary/aromatic N) is 1. The standard InChI is InChI=1S/C12H16N2O4S2/c1-14(12(18)9-3-2-5-20-9)7-10(15)13-4-6-19-8-11(16)17/h2-3,5H,4,6-8H2,1H3,(H,13,15)(H,16,17). The smallest absolute Gasteiger partial charge is 0.313 e. The van der Waals surface area contributed by atoms with Crippen molar-refractivity contribution in [1.29, 1.82) is 0 Å². The van der Waals surface area contributed by atoms with Crippen LogP contribution in [-0.4, -0.2) is 59.4 Å². The fraction of sp³-hybridized carbons (Fsp3) is 0.417. The molecule has 2 amide bonds. The molecule has 8 heteroatoms. The number of aliphatic carboxylic acids is 1. The first-order valence-electron chi connectivity index (χ1n) is 5.86. The Labute approximate surface area is 125 Å². The van der Waals surface area contributed by atoms with Crippen molar-refractivity contribution >= 4 is 40.9 Å².